The molecule has 2 rings (SSSR count). The van der Waals surface area contributed by atoms with E-state index in [0.717, 1.165) is 12.3 Å². The van der Waals surface area contributed by atoms with Crippen LogP contribution >= 0.6 is 0 Å². The van der Waals surface area contributed by atoms with Crippen LogP contribution in [0.3, 0.4) is 0 Å². The van der Waals surface area contributed by atoms with Gasteiger partial charge in [-0.25, -0.2) is 0 Å². The zero-order valence-electron chi connectivity index (χ0n) is 7.71. The SMILES string of the molecule is C[C@@]1(C=Cc2ccc[nH]2)COCN1. The Kier molecular flexibility index (Phi) is 2.20. The van der Waals surface area contributed by atoms with Gasteiger partial charge < -0.3 is 9.72 Å². The molecule has 1 aliphatic rings. The molecule has 3 nitrogen and oxygen atoms in total. The Balaban J connectivity index is 2.04. The van der Waals surface area contributed by atoms with Crippen LogP contribution in [0.5, 0.6) is 0 Å². The summed E-state index contributed by atoms with van der Waals surface area (Å²) in [6.45, 7) is 3.51. The number of ether oxygens (including phenoxy) is 1. The Bertz CT molecular complexity index is 284. The Morgan fingerprint density at radius 3 is 3.15 bits per heavy atom. The first kappa shape index (κ1) is 8.53. The standard InChI is InChI=1S/C10H14N2O/c1-10(7-13-8-12-10)5-4-9-3-2-6-11-9/h2-6,11-12H,7-8H2,1H3/t10-/m1/s1. The van der Waals surface area contributed by atoms with Crippen LogP contribution in [-0.4, -0.2) is 23.9 Å². The lowest BCUT2D eigenvalue weighted by Crippen LogP contribution is -2.36. The molecule has 0 amide bonds. The van der Waals surface area contributed by atoms with Gasteiger partial charge in [0.1, 0.15) is 0 Å². The van der Waals surface area contributed by atoms with Crippen LogP contribution < -0.4 is 5.32 Å². The van der Waals surface area contributed by atoms with E-state index in [1.54, 1.807) is 0 Å². The van der Waals surface area contributed by atoms with Crippen molar-refractivity contribution >= 4 is 6.08 Å². The predicted molar refractivity (Wildman–Crippen MR) is 52.2 cm³/mol. The average Bonchev–Trinajstić information content (AvgIpc) is 2.72. The maximum absolute atomic E-state index is 5.26. The van der Waals surface area contributed by atoms with Crippen LogP contribution in [0.4, 0.5) is 0 Å². The van der Waals surface area contributed by atoms with Crippen molar-refractivity contribution < 1.29 is 4.74 Å². The Labute approximate surface area is 77.8 Å². The minimum absolute atomic E-state index is 0.00882. The highest BCUT2D eigenvalue weighted by molar-refractivity contribution is 5.46. The fourth-order valence-electron chi connectivity index (χ4n) is 1.36. The summed E-state index contributed by atoms with van der Waals surface area (Å²) in [6, 6.07) is 4.02. The van der Waals surface area contributed by atoms with Crippen LogP contribution in [0.2, 0.25) is 0 Å². The van der Waals surface area contributed by atoms with Crippen LogP contribution in [0.25, 0.3) is 6.08 Å². The maximum atomic E-state index is 5.26. The lowest BCUT2D eigenvalue weighted by atomic mass is 10.0. The van der Waals surface area contributed by atoms with Crippen molar-refractivity contribution in [1.29, 1.82) is 0 Å². The molecular weight excluding hydrogens is 164 g/mol. The van der Waals surface area contributed by atoms with Crippen molar-refractivity contribution in [2.75, 3.05) is 13.3 Å². The number of rotatable bonds is 2. The molecule has 13 heavy (non-hydrogen) atoms. The van der Waals surface area contributed by atoms with E-state index in [4.69, 9.17) is 4.74 Å². The molecule has 1 aromatic rings. The normalized spacial score (nSPS) is 28.7. The maximum Gasteiger partial charge on any atom is 0.0973 e. The molecule has 1 saturated heterocycles. The molecule has 0 radical (unpaired) electrons. The second kappa shape index (κ2) is 3.36. The van der Waals surface area contributed by atoms with Crippen molar-refractivity contribution in [3.8, 4) is 0 Å². The summed E-state index contributed by atoms with van der Waals surface area (Å²) >= 11 is 0. The molecule has 1 fully saturated rings. The fraction of sp³-hybridized carbons (Fsp3) is 0.400. The molecule has 0 bridgehead atoms. The van der Waals surface area contributed by atoms with E-state index < -0.39 is 0 Å². The van der Waals surface area contributed by atoms with Crippen molar-refractivity contribution in [2.45, 2.75) is 12.5 Å². The van der Waals surface area contributed by atoms with Gasteiger partial charge >= 0.3 is 0 Å². The average molecular weight is 178 g/mol. The second-order valence-corrected chi connectivity index (χ2v) is 3.55. The minimum Gasteiger partial charge on any atom is -0.364 e. The van der Waals surface area contributed by atoms with Gasteiger partial charge in [-0.3, -0.25) is 5.32 Å². The highest BCUT2D eigenvalue weighted by Gasteiger charge is 2.25. The smallest absolute Gasteiger partial charge is 0.0973 e. The molecule has 2 N–H and O–H groups in total. The van der Waals surface area contributed by atoms with Gasteiger partial charge in [-0.2, -0.15) is 0 Å². The summed E-state index contributed by atoms with van der Waals surface area (Å²) < 4.78 is 5.26. The summed E-state index contributed by atoms with van der Waals surface area (Å²) in [5.74, 6) is 0. The van der Waals surface area contributed by atoms with Crippen molar-refractivity contribution in [3.63, 3.8) is 0 Å². The Morgan fingerprint density at radius 1 is 1.62 bits per heavy atom. The molecule has 2 heterocycles. The molecule has 0 saturated carbocycles. The first-order chi connectivity index (χ1) is 6.29. The summed E-state index contributed by atoms with van der Waals surface area (Å²) in [7, 11) is 0. The molecule has 0 aliphatic carbocycles. The summed E-state index contributed by atoms with van der Waals surface area (Å²) in [5.41, 5.74) is 1.11. The zero-order valence-corrected chi connectivity index (χ0v) is 7.71. The molecule has 1 aromatic heterocycles. The summed E-state index contributed by atoms with van der Waals surface area (Å²) in [6.07, 6.45) is 6.12. The van der Waals surface area contributed by atoms with Crippen LogP contribution in [0, 0.1) is 0 Å². The van der Waals surface area contributed by atoms with Crippen molar-refractivity contribution in [1.82, 2.24) is 10.3 Å². The van der Waals surface area contributed by atoms with E-state index in [2.05, 4.69) is 29.4 Å². The number of aromatic amines is 1. The van der Waals surface area contributed by atoms with Crippen molar-refractivity contribution in [3.05, 3.63) is 30.1 Å². The minimum atomic E-state index is -0.00882. The molecule has 3 heteroatoms. The number of hydrogen-bond acceptors (Lipinski definition) is 2. The van der Waals surface area contributed by atoms with E-state index in [1.807, 2.05) is 18.3 Å². The molecule has 0 spiro atoms. The summed E-state index contributed by atoms with van der Waals surface area (Å²) in [4.78, 5) is 3.12. The first-order valence-electron chi connectivity index (χ1n) is 4.44. The first-order valence-corrected chi connectivity index (χ1v) is 4.44. The number of aromatic nitrogens is 1. The molecule has 0 unspecified atom stereocenters. The van der Waals surface area contributed by atoms with Gasteiger partial charge in [0, 0.05) is 11.9 Å². The quantitative estimate of drug-likeness (QED) is 0.717. The molecule has 0 aromatic carbocycles. The van der Waals surface area contributed by atoms with Gasteiger partial charge in [-0.1, -0.05) is 6.08 Å². The lowest BCUT2D eigenvalue weighted by Gasteiger charge is -2.16. The van der Waals surface area contributed by atoms with E-state index in [0.29, 0.717) is 6.73 Å². The molecule has 1 aliphatic heterocycles. The number of hydrogen-bond donors (Lipinski definition) is 2. The van der Waals surface area contributed by atoms with E-state index in [9.17, 15) is 0 Å². The van der Waals surface area contributed by atoms with Gasteiger partial charge in [0.15, 0.2) is 0 Å². The summed E-state index contributed by atoms with van der Waals surface area (Å²) in [5, 5.41) is 3.27. The molecular formula is C10H14N2O. The number of nitrogens with one attached hydrogen (secondary N) is 2. The highest BCUT2D eigenvalue weighted by Crippen LogP contribution is 2.13. The third-order valence-electron chi connectivity index (χ3n) is 2.23. The van der Waals surface area contributed by atoms with Gasteiger partial charge in [0.05, 0.1) is 18.9 Å². The van der Waals surface area contributed by atoms with Gasteiger partial charge in [0.2, 0.25) is 0 Å². The van der Waals surface area contributed by atoms with Gasteiger partial charge in [-0.05, 0) is 25.1 Å². The van der Waals surface area contributed by atoms with Crippen LogP contribution in [0.15, 0.2) is 24.4 Å². The largest absolute Gasteiger partial charge is 0.364 e. The molecule has 1 atom stereocenters. The van der Waals surface area contributed by atoms with Gasteiger partial charge in [-0.15, -0.1) is 0 Å². The van der Waals surface area contributed by atoms with E-state index in [1.165, 1.54) is 0 Å². The van der Waals surface area contributed by atoms with E-state index in [-0.39, 0.29) is 5.54 Å². The van der Waals surface area contributed by atoms with Crippen LogP contribution in [-0.2, 0) is 4.74 Å². The Hall–Kier alpha value is -1.06. The zero-order chi connectivity index (χ0) is 9.15. The topological polar surface area (TPSA) is 37.0 Å². The fourth-order valence-corrected chi connectivity index (χ4v) is 1.36. The second-order valence-electron chi connectivity index (χ2n) is 3.55. The monoisotopic (exact) mass is 178 g/mol. The predicted octanol–water partition coefficient (Wildman–Crippen LogP) is 1.36. The van der Waals surface area contributed by atoms with Crippen LogP contribution in [0.1, 0.15) is 12.6 Å². The van der Waals surface area contributed by atoms with Crippen molar-refractivity contribution in [2.24, 2.45) is 0 Å². The Morgan fingerprint density at radius 2 is 2.54 bits per heavy atom. The third-order valence-corrected chi connectivity index (χ3v) is 2.23. The third kappa shape index (κ3) is 1.99. The highest BCUT2D eigenvalue weighted by atomic mass is 16.5. The van der Waals surface area contributed by atoms with E-state index >= 15 is 0 Å². The number of H-pyrrole nitrogens is 1. The molecule has 70 valence electrons. The lowest BCUT2D eigenvalue weighted by molar-refractivity contribution is 0.185. The van der Waals surface area contributed by atoms with Gasteiger partial charge in [0.25, 0.3) is 0 Å².